The summed E-state index contributed by atoms with van der Waals surface area (Å²) in [6, 6.07) is -0.00144. The fourth-order valence-electron chi connectivity index (χ4n) is 3.89. The highest BCUT2D eigenvalue weighted by atomic mass is 19.4. The number of anilines is 1. The Morgan fingerprint density at radius 2 is 1.84 bits per heavy atom. The molecule has 1 aromatic rings. The van der Waals surface area contributed by atoms with Crippen molar-refractivity contribution >= 4 is 17.9 Å². The van der Waals surface area contributed by atoms with E-state index in [1.807, 2.05) is 4.90 Å². The first kappa shape index (κ1) is 24.0. The molecule has 2 N–H and O–H groups in total. The van der Waals surface area contributed by atoms with Crippen LogP contribution in [0.2, 0.25) is 0 Å². The van der Waals surface area contributed by atoms with Crippen LogP contribution in [0.15, 0.2) is 12.4 Å². The fourth-order valence-corrected chi connectivity index (χ4v) is 3.89. The van der Waals surface area contributed by atoms with Gasteiger partial charge in [0.2, 0.25) is 5.95 Å². The molecule has 1 unspecified atom stereocenters. The van der Waals surface area contributed by atoms with Crippen molar-refractivity contribution in [1.29, 1.82) is 0 Å². The number of likely N-dealkylation sites (tertiary alicyclic amines) is 1. The van der Waals surface area contributed by atoms with Crippen LogP contribution >= 0.6 is 0 Å². The highest BCUT2D eigenvalue weighted by molar-refractivity contribution is 5.83. The normalized spacial score (nSPS) is 21.1. The van der Waals surface area contributed by atoms with Gasteiger partial charge in [-0.25, -0.2) is 14.8 Å². The molecule has 2 aliphatic rings. The third-order valence-corrected chi connectivity index (χ3v) is 5.46. The monoisotopic (exact) mass is 461 g/mol. The minimum atomic E-state index is -4.48. The molecule has 2 fully saturated rings. The number of amides is 2. The molecular weight excluding hydrogens is 435 g/mol. The van der Waals surface area contributed by atoms with E-state index in [2.05, 4.69) is 9.97 Å². The first-order valence-corrected chi connectivity index (χ1v) is 10.2. The molecule has 0 spiro atoms. The van der Waals surface area contributed by atoms with Crippen LogP contribution in [0.1, 0.15) is 24.8 Å². The summed E-state index contributed by atoms with van der Waals surface area (Å²) in [4.78, 5) is 35.0. The number of carbonyl (C=O) groups excluding carboxylic acids is 2. The molecule has 13 heteroatoms. The molecule has 2 atom stereocenters. The Morgan fingerprint density at radius 3 is 2.41 bits per heavy atom. The number of nitrogens with zero attached hydrogens (tertiary/aromatic N) is 4. The average molecular weight is 461 g/mol. The lowest BCUT2D eigenvalue weighted by molar-refractivity contribution is -0.141. The second-order valence-corrected chi connectivity index (χ2v) is 7.64. The van der Waals surface area contributed by atoms with Crippen molar-refractivity contribution in [2.45, 2.75) is 43.7 Å². The lowest BCUT2D eigenvalue weighted by Crippen LogP contribution is -2.47. The molecule has 0 aliphatic carbocycles. The van der Waals surface area contributed by atoms with Crippen LogP contribution in [-0.4, -0.2) is 85.1 Å². The summed E-state index contributed by atoms with van der Waals surface area (Å²) < 4.78 is 53.5. The third kappa shape index (κ3) is 5.97. The number of alkyl halides is 3. The Balaban J connectivity index is 1.48. The smallest absolute Gasteiger partial charge is 0.419 e. The van der Waals surface area contributed by atoms with Crippen LogP contribution in [0.4, 0.5) is 23.9 Å². The Morgan fingerprint density at radius 1 is 1.19 bits per heavy atom. The van der Waals surface area contributed by atoms with Gasteiger partial charge in [0.15, 0.2) is 6.10 Å². The Kier molecular flexibility index (Phi) is 7.72. The maximum atomic E-state index is 12.8. The van der Waals surface area contributed by atoms with Crippen LogP contribution in [0.25, 0.3) is 0 Å². The van der Waals surface area contributed by atoms with E-state index < -0.39 is 30.0 Å². The van der Waals surface area contributed by atoms with Crippen LogP contribution < -0.4 is 10.6 Å². The number of piperidine rings is 1. The van der Waals surface area contributed by atoms with Crippen molar-refractivity contribution in [3.05, 3.63) is 18.0 Å². The summed E-state index contributed by atoms with van der Waals surface area (Å²) in [7, 11) is 1.45. The second-order valence-electron chi connectivity index (χ2n) is 7.64. The van der Waals surface area contributed by atoms with E-state index in [9.17, 15) is 22.8 Å². The number of carbonyl (C=O) groups is 2. The van der Waals surface area contributed by atoms with E-state index in [0.717, 1.165) is 12.4 Å². The number of ether oxygens (including phenoxy) is 3. The zero-order valence-electron chi connectivity index (χ0n) is 17.6. The van der Waals surface area contributed by atoms with Gasteiger partial charge in [-0.2, -0.15) is 13.2 Å². The van der Waals surface area contributed by atoms with Gasteiger partial charge in [0, 0.05) is 51.6 Å². The van der Waals surface area contributed by atoms with Crippen molar-refractivity contribution in [2.24, 2.45) is 5.73 Å². The number of hydrogen-bond donors (Lipinski definition) is 1. The lowest BCUT2D eigenvalue weighted by atomic mass is 10.0. The molecule has 10 nitrogen and oxygen atoms in total. The summed E-state index contributed by atoms with van der Waals surface area (Å²) in [6.07, 6.45) is -3.42. The first-order chi connectivity index (χ1) is 15.2. The molecule has 32 heavy (non-hydrogen) atoms. The van der Waals surface area contributed by atoms with Crippen LogP contribution in [0.5, 0.6) is 0 Å². The van der Waals surface area contributed by atoms with Gasteiger partial charge in [-0.05, 0) is 12.8 Å². The van der Waals surface area contributed by atoms with Gasteiger partial charge >= 0.3 is 12.3 Å². The van der Waals surface area contributed by atoms with Gasteiger partial charge in [-0.3, -0.25) is 4.79 Å². The molecule has 2 amide bonds. The minimum absolute atomic E-state index is 0.00144. The summed E-state index contributed by atoms with van der Waals surface area (Å²) in [6.45, 7) is 1.67. The van der Waals surface area contributed by atoms with E-state index in [-0.39, 0.29) is 31.1 Å². The summed E-state index contributed by atoms with van der Waals surface area (Å²) >= 11 is 0. The van der Waals surface area contributed by atoms with Crippen molar-refractivity contribution < 1.29 is 37.0 Å². The van der Waals surface area contributed by atoms with Crippen LogP contribution in [0.3, 0.4) is 0 Å². The van der Waals surface area contributed by atoms with Crippen molar-refractivity contribution in [1.82, 2.24) is 14.9 Å². The van der Waals surface area contributed by atoms with Crippen LogP contribution in [-0.2, 0) is 25.2 Å². The van der Waals surface area contributed by atoms with Gasteiger partial charge in [-0.1, -0.05) is 0 Å². The highest BCUT2D eigenvalue weighted by Crippen LogP contribution is 2.29. The molecule has 178 valence electrons. The zero-order chi connectivity index (χ0) is 23.3. The highest BCUT2D eigenvalue weighted by Gasteiger charge is 2.38. The minimum Gasteiger partial charge on any atom is -0.441 e. The Hall–Kier alpha value is -2.67. The van der Waals surface area contributed by atoms with Crippen molar-refractivity contribution in [3.63, 3.8) is 0 Å². The van der Waals surface area contributed by atoms with Gasteiger partial charge in [0.05, 0.1) is 18.8 Å². The molecule has 0 radical (unpaired) electrons. The summed E-state index contributed by atoms with van der Waals surface area (Å²) in [5, 5.41) is 0. The molecule has 2 aliphatic heterocycles. The van der Waals surface area contributed by atoms with Gasteiger partial charge in [-0.15, -0.1) is 0 Å². The lowest BCUT2D eigenvalue weighted by Gasteiger charge is -2.36. The molecule has 1 aromatic heterocycles. The molecular formula is C19H26F3N5O5. The van der Waals surface area contributed by atoms with Crippen molar-refractivity contribution in [3.8, 4) is 0 Å². The van der Waals surface area contributed by atoms with Gasteiger partial charge < -0.3 is 29.7 Å². The van der Waals surface area contributed by atoms with E-state index in [4.69, 9.17) is 19.9 Å². The predicted octanol–water partition coefficient (Wildman–Crippen LogP) is 1.19. The first-order valence-electron chi connectivity index (χ1n) is 10.2. The van der Waals surface area contributed by atoms with Gasteiger partial charge in [0.1, 0.15) is 6.10 Å². The number of halogens is 3. The van der Waals surface area contributed by atoms with Crippen LogP contribution in [0, 0.1) is 0 Å². The van der Waals surface area contributed by atoms with E-state index in [1.54, 1.807) is 4.90 Å². The van der Waals surface area contributed by atoms with E-state index in [1.165, 1.54) is 7.11 Å². The number of rotatable bonds is 8. The SMILES string of the molecule is COC[C@@H](COC1CCN(C2CCN(c3ncc(C(F)(F)F)cn3)CC2)C1=O)OC(N)=O. The number of methoxy groups -OCH3 is 1. The Labute approximate surface area is 182 Å². The maximum absolute atomic E-state index is 12.8. The molecule has 0 aromatic carbocycles. The number of nitrogens with two attached hydrogens (primary N) is 1. The second kappa shape index (κ2) is 10.3. The number of aromatic nitrogens is 2. The molecule has 3 heterocycles. The number of primary amides is 1. The topological polar surface area (TPSA) is 120 Å². The molecule has 0 saturated carbocycles. The molecule has 0 bridgehead atoms. The standard InChI is InChI=1S/C19H26F3N5O5/c1-30-10-14(32-17(23)29)11-31-15-4-7-27(16(15)28)13-2-5-26(6-3-13)18-24-8-12(9-25-18)19(20,21)22/h8-9,13-15H,2-7,10-11H2,1H3,(H2,23,29)/t14-,15?/m0/s1. The zero-order valence-corrected chi connectivity index (χ0v) is 17.6. The van der Waals surface area contributed by atoms with Gasteiger partial charge in [0.25, 0.3) is 5.91 Å². The largest absolute Gasteiger partial charge is 0.441 e. The molecule has 2 saturated heterocycles. The quantitative estimate of drug-likeness (QED) is 0.613. The predicted molar refractivity (Wildman–Crippen MR) is 105 cm³/mol. The third-order valence-electron chi connectivity index (χ3n) is 5.46. The summed E-state index contributed by atoms with van der Waals surface area (Å²) in [5.74, 6) is 0.105. The van der Waals surface area contributed by atoms with E-state index in [0.29, 0.717) is 38.9 Å². The van der Waals surface area contributed by atoms with Crippen molar-refractivity contribution in [2.75, 3.05) is 44.9 Å². The summed E-state index contributed by atoms with van der Waals surface area (Å²) in [5.41, 5.74) is 4.13. The molecule has 3 rings (SSSR count). The average Bonchev–Trinajstić information content (AvgIpc) is 3.12. The maximum Gasteiger partial charge on any atom is 0.419 e. The Bertz CT molecular complexity index is 787. The fraction of sp³-hybridized carbons (Fsp3) is 0.684. The van der Waals surface area contributed by atoms with E-state index >= 15 is 0 Å². The number of hydrogen-bond acceptors (Lipinski definition) is 8.